The minimum absolute atomic E-state index is 0.0297. The molecule has 0 saturated carbocycles. The molecule has 2 nitrogen and oxygen atoms in total. The summed E-state index contributed by atoms with van der Waals surface area (Å²) in [5.74, 6) is 0.601. The van der Waals surface area contributed by atoms with Crippen molar-refractivity contribution in [2.75, 3.05) is 11.9 Å². The highest BCUT2D eigenvalue weighted by molar-refractivity contribution is 14.1. The highest BCUT2D eigenvalue weighted by Crippen LogP contribution is 2.12. The highest BCUT2D eigenvalue weighted by Gasteiger charge is 2.10. The van der Waals surface area contributed by atoms with Gasteiger partial charge in [-0.3, -0.25) is 4.79 Å². The van der Waals surface area contributed by atoms with Gasteiger partial charge in [-0.25, -0.2) is 0 Å². The molecule has 0 aliphatic carbocycles. The maximum atomic E-state index is 11.9. The maximum absolute atomic E-state index is 11.9. The van der Waals surface area contributed by atoms with Crippen molar-refractivity contribution in [1.82, 2.24) is 5.32 Å². The zero-order chi connectivity index (χ0) is 13.4. The van der Waals surface area contributed by atoms with Gasteiger partial charge in [0, 0.05) is 21.0 Å². The van der Waals surface area contributed by atoms with Crippen LogP contribution in [0.4, 0.5) is 0 Å². The van der Waals surface area contributed by atoms with Crippen LogP contribution < -0.4 is 5.32 Å². The molecule has 0 aromatic heterocycles. The summed E-state index contributed by atoms with van der Waals surface area (Å²) < 4.78 is 1.15. The van der Waals surface area contributed by atoms with Crippen LogP contribution in [-0.4, -0.2) is 17.8 Å². The van der Waals surface area contributed by atoms with E-state index in [9.17, 15) is 4.79 Å². The van der Waals surface area contributed by atoms with E-state index in [0.717, 1.165) is 33.9 Å². The quantitative estimate of drug-likeness (QED) is 0.516. The molecule has 100 valence electrons. The summed E-state index contributed by atoms with van der Waals surface area (Å²) in [6.07, 6.45) is 3.44. The lowest BCUT2D eigenvalue weighted by atomic mass is 10.0. The lowest BCUT2D eigenvalue weighted by Gasteiger charge is -2.15. The third-order valence-electron chi connectivity index (χ3n) is 2.87. The van der Waals surface area contributed by atoms with Gasteiger partial charge in [-0.1, -0.05) is 29.3 Å². The normalized spacial score (nSPS) is 12.2. The second kappa shape index (κ2) is 8.91. The van der Waals surface area contributed by atoms with Crippen molar-refractivity contribution in [2.45, 2.75) is 26.2 Å². The molecule has 0 fully saturated rings. The average Bonchev–Trinajstić information content (AvgIpc) is 2.37. The smallest absolute Gasteiger partial charge is 0.251 e. The molecule has 1 rings (SSSR count). The molecule has 1 N–H and O–H groups in total. The van der Waals surface area contributed by atoms with Crippen molar-refractivity contribution < 1.29 is 4.79 Å². The summed E-state index contributed by atoms with van der Waals surface area (Å²) in [6.45, 7) is 2.95. The molecule has 0 spiro atoms. The summed E-state index contributed by atoms with van der Waals surface area (Å²) in [6, 6.07) is 7.65. The van der Waals surface area contributed by atoms with Gasteiger partial charge in [0.15, 0.2) is 0 Å². The van der Waals surface area contributed by atoms with E-state index in [1.54, 1.807) is 0 Å². The summed E-state index contributed by atoms with van der Waals surface area (Å²) >= 11 is 5.70. The van der Waals surface area contributed by atoms with E-state index in [0.29, 0.717) is 5.92 Å². The fourth-order valence-corrected chi connectivity index (χ4v) is 2.86. The van der Waals surface area contributed by atoms with Crippen LogP contribution in [0.2, 0.25) is 0 Å². The predicted molar refractivity (Wildman–Crippen MR) is 88.3 cm³/mol. The van der Waals surface area contributed by atoms with E-state index >= 15 is 0 Å². The van der Waals surface area contributed by atoms with Gasteiger partial charge >= 0.3 is 0 Å². The van der Waals surface area contributed by atoms with Gasteiger partial charge in [0.25, 0.3) is 5.91 Å². The van der Waals surface area contributed by atoms with Crippen molar-refractivity contribution >= 4 is 44.4 Å². The summed E-state index contributed by atoms with van der Waals surface area (Å²) in [5.41, 5.74) is 0.740. The second-order valence-corrected chi connectivity index (χ2v) is 6.39. The minimum Gasteiger partial charge on any atom is -0.352 e. The van der Waals surface area contributed by atoms with Gasteiger partial charge in [0.05, 0.1) is 0 Å². The minimum atomic E-state index is 0.0297. The van der Waals surface area contributed by atoms with Crippen LogP contribution in [0.15, 0.2) is 24.3 Å². The summed E-state index contributed by atoms with van der Waals surface area (Å²) in [5, 5.41) is 4.02. The number of benzene rings is 1. The number of carbonyl (C=O) groups is 1. The van der Waals surface area contributed by atoms with E-state index in [4.69, 9.17) is 0 Å². The number of amides is 1. The first kappa shape index (κ1) is 16.0. The van der Waals surface area contributed by atoms with Gasteiger partial charge in [-0.05, 0) is 65.6 Å². The Kier molecular flexibility index (Phi) is 7.90. The zero-order valence-electron chi connectivity index (χ0n) is 10.6. The Bertz CT molecular complexity index is 361. The summed E-state index contributed by atoms with van der Waals surface area (Å²) in [4.78, 5) is 11.9. The summed E-state index contributed by atoms with van der Waals surface area (Å²) in [7, 11) is 0. The van der Waals surface area contributed by atoms with Crippen LogP contribution in [0, 0.1) is 9.49 Å². The lowest BCUT2D eigenvalue weighted by Crippen LogP contribution is -2.29. The Balaban J connectivity index is 2.46. The molecule has 0 heterocycles. The average molecular weight is 424 g/mol. The third kappa shape index (κ3) is 5.69. The SMILES string of the molecule is CCCC(CCBr)CNC(=O)c1ccc(I)cc1. The molecule has 0 bridgehead atoms. The molecule has 1 amide bonds. The largest absolute Gasteiger partial charge is 0.352 e. The van der Waals surface area contributed by atoms with Crippen LogP contribution in [0.1, 0.15) is 36.5 Å². The molecule has 0 aliphatic heterocycles. The number of alkyl halides is 1. The molecule has 4 heteroatoms. The molecule has 1 aromatic carbocycles. The monoisotopic (exact) mass is 423 g/mol. The van der Waals surface area contributed by atoms with E-state index < -0.39 is 0 Å². The number of nitrogens with one attached hydrogen (secondary N) is 1. The first-order valence-electron chi connectivity index (χ1n) is 6.27. The Morgan fingerprint density at radius 1 is 1.33 bits per heavy atom. The zero-order valence-corrected chi connectivity index (χ0v) is 14.3. The fraction of sp³-hybridized carbons (Fsp3) is 0.500. The predicted octanol–water partition coefficient (Wildman–Crippen LogP) is 4.22. The molecular formula is C14H19BrINO. The lowest BCUT2D eigenvalue weighted by molar-refractivity contribution is 0.0946. The van der Waals surface area contributed by atoms with E-state index in [-0.39, 0.29) is 5.91 Å². The molecule has 0 saturated heterocycles. The molecule has 0 aliphatic rings. The van der Waals surface area contributed by atoms with E-state index in [1.807, 2.05) is 24.3 Å². The van der Waals surface area contributed by atoms with Gasteiger partial charge in [0.1, 0.15) is 0 Å². The van der Waals surface area contributed by atoms with Crippen LogP contribution in [0.3, 0.4) is 0 Å². The van der Waals surface area contributed by atoms with Gasteiger partial charge in [0.2, 0.25) is 0 Å². The van der Waals surface area contributed by atoms with E-state index in [1.165, 1.54) is 6.42 Å². The van der Waals surface area contributed by atoms with Crippen LogP contribution in [-0.2, 0) is 0 Å². The standard InChI is InChI=1S/C14H19BrINO/c1-2-3-11(8-9-15)10-17-14(18)12-4-6-13(16)7-5-12/h4-7,11H,2-3,8-10H2,1H3,(H,17,18). The van der Waals surface area contributed by atoms with Crippen molar-refractivity contribution in [3.63, 3.8) is 0 Å². The van der Waals surface area contributed by atoms with Gasteiger partial charge in [-0.15, -0.1) is 0 Å². The first-order valence-corrected chi connectivity index (χ1v) is 8.47. The number of halogens is 2. The molecule has 1 aromatic rings. The highest BCUT2D eigenvalue weighted by atomic mass is 127. The third-order valence-corrected chi connectivity index (χ3v) is 4.05. The number of carbonyl (C=O) groups excluding carboxylic acids is 1. The van der Waals surface area contributed by atoms with Crippen molar-refractivity contribution in [2.24, 2.45) is 5.92 Å². The molecule has 0 radical (unpaired) electrons. The number of hydrogen-bond acceptors (Lipinski definition) is 1. The maximum Gasteiger partial charge on any atom is 0.251 e. The molecule has 1 atom stereocenters. The number of hydrogen-bond donors (Lipinski definition) is 1. The fourth-order valence-electron chi connectivity index (χ4n) is 1.85. The molecule has 18 heavy (non-hydrogen) atoms. The van der Waals surface area contributed by atoms with Crippen molar-refractivity contribution in [3.05, 3.63) is 33.4 Å². The Hall–Kier alpha value is -0.100. The molecular weight excluding hydrogens is 405 g/mol. The van der Waals surface area contributed by atoms with Crippen molar-refractivity contribution in [1.29, 1.82) is 0 Å². The molecule has 1 unspecified atom stereocenters. The van der Waals surface area contributed by atoms with E-state index in [2.05, 4.69) is 50.8 Å². The van der Waals surface area contributed by atoms with Gasteiger partial charge in [-0.2, -0.15) is 0 Å². The second-order valence-electron chi connectivity index (χ2n) is 4.35. The van der Waals surface area contributed by atoms with Crippen LogP contribution in [0.5, 0.6) is 0 Å². The Labute approximate surface area is 131 Å². The van der Waals surface area contributed by atoms with Gasteiger partial charge < -0.3 is 5.32 Å². The number of rotatable bonds is 7. The Morgan fingerprint density at radius 3 is 2.56 bits per heavy atom. The van der Waals surface area contributed by atoms with Crippen molar-refractivity contribution in [3.8, 4) is 0 Å². The van der Waals surface area contributed by atoms with Crippen LogP contribution >= 0.6 is 38.5 Å². The first-order chi connectivity index (χ1) is 8.67. The Morgan fingerprint density at radius 2 is 2.00 bits per heavy atom. The van der Waals surface area contributed by atoms with Crippen LogP contribution in [0.25, 0.3) is 0 Å². The topological polar surface area (TPSA) is 29.1 Å².